The molecule has 0 aromatic carbocycles. The van der Waals surface area contributed by atoms with Crippen LogP contribution in [0.2, 0.25) is 0 Å². The van der Waals surface area contributed by atoms with E-state index in [1.807, 2.05) is 13.2 Å². The SMILES string of the molecule is Cn1cc(-c2c[nH]c3ncc(C(=O)O)cc23)cn1. The Morgan fingerprint density at radius 2 is 2.28 bits per heavy atom. The van der Waals surface area contributed by atoms with Gasteiger partial charge in [-0.3, -0.25) is 4.68 Å². The van der Waals surface area contributed by atoms with Crippen LogP contribution in [0.15, 0.2) is 30.9 Å². The van der Waals surface area contributed by atoms with E-state index in [4.69, 9.17) is 5.11 Å². The number of aromatic carboxylic acids is 1. The molecule has 2 N–H and O–H groups in total. The normalized spacial score (nSPS) is 10.9. The Hall–Kier alpha value is -2.63. The van der Waals surface area contributed by atoms with Gasteiger partial charge in [-0.1, -0.05) is 0 Å². The lowest BCUT2D eigenvalue weighted by Gasteiger charge is -1.96. The van der Waals surface area contributed by atoms with E-state index < -0.39 is 5.97 Å². The first-order valence-electron chi connectivity index (χ1n) is 5.34. The average molecular weight is 242 g/mol. The van der Waals surface area contributed by atoms with Gasteiger partial charge in [-0.05, 0) is 6.07 Å². The number of aryl methyl sites for hydroxylation is 1. The van der Waals surface area contributed by atoms with Crippen LogP contribution in [-0.4, -0.2) is 30.8 Å². The van der Waals surface area contributed by atoms with Crippen LogP contribution in [0.4, 0.5) is 0 Å². The summed E-state index contributed by atoms with van der Waals surface area (Å²) in [4.78, 5) is 18.1. The van der Waals surface area contributed by atoms with Gasteiger partial charge in [0.25, 0.3) is 0 Å². The molecule has 0 fully saturated rings. The molecule has 0 spiro atoms. The monoisotopic (exact) mass is 242 g/mol. The van der Waals surface area contributed by atoms with Crippen LogP contribution in [0, 0.1) is 0 Å². The highest BCUT2D eigenvalue weighted by Crippen LogP contribution is 2.27. The number of carboxylic acids is 1. The zero-order valence-electron chi connectivity index (χ0n) is 9.58. The zero-order valence-corrected chi connectivity index (χ0v) is 9.58. The molecular weight excluding hydrogens is 232 g/mol. The molecule has 3 heterocycles. The standard InChI is InChI=1S/C12H10N4O2/c1-16-6-8(4-15-16)10-5-14-11-9(10)2-7(3-13-11)12(17)18/h2-6H,1H3,(H,13,14)(H,17,18). The number of pyridine rings is 1. The summed E-state index contributed by atoms with van der Waals surface area (Å²) in [6, 6.07) is 1.61. The third-order valence-electron chi connectivity index (χ3n) is 2.79. The molecule has 3 aromatic heterocycles. The third kappa shape index (κ3) is 1.55. The quantitative estimate of drug-likeness (QED) is 0.715. The van der Waals surface area contributed by atoms with Crippen LogP contribution in [0.1, 0.15) is 10.4 Å². The molecule has 0 saturated heterocycles. The van der Waals surface area contributed by atoms with Crippen molar-refractivity contribution in [1.29, 1.82) is 0 Å². The Bertz CT molecular complexity index is 741. The van der Waals surface area contributed by atoms with Crippen molar-refractivity contribution in [2.45, 2.75) is 0 Å². The second kappa shape index (κ2) is 3.69. The predicted octanol–water partition coefficient (Wildman–Crippen LogP) is 1.66. The van der Waals surface area contributed by atoms with Gasteiger partial charge in [0.2, 0.25) is 0 Å². The van der Waals surface area contributed by atoms with Crippen LogP contribution < -0.4 is 0 Å². The van der Waals surface area contributed by atoms with Gasteiger partial charge in [0.15, 0.2) is 0 Å². The molecule has 6 nitrogen and oxygen atoms in total. The van der Waals surface area contributed by atoms with E-state index in [-0.39, 0.29) is 5.56 Å². The minimum Gasteiger partial charge on any atom is -0.478 e. The van der Waals surface area contributed by atoms with Crippen molar-refractivity contribution in [2.24, 2.45) is 7.05 Å². The van der Waals surface area contributed by atoms with Crippen molar-refractivity contribution in [2.75, 3.05) is 0 Å². The highest BCUT2D eigenvalue weighted by molar-refractivity contribution is 5.98. The van der Waals surface area contributed by atoms with Gasteiger partial charge < -0.3 is 10.1 Å². The molecular formula is C12H10N4O2. The maximum Gasteiger partial charge on any atom is 0.337 e. The molecule has 0 atom stereocenters. The highest BCUT2D eigenvalue weighted by Gasteiger charge is 2.11. The van der Waals surface area contributed by atoms with Gasteiger partial charge in [0, 0.05) is 42.2 Å². The first-order chi connectivity index (χ1) is 8.65. The topological polar surface area (TPSA) is 83.8 Å². The van der Waals surface area contributed by atoms with E-state index in [1.165, 1.54) is 6.20 Å². The van der Waals surface area contributed by atoms with Gasteiger partial charge in [-0.2, -0.15) is 5.10 Å². The van der Waals surface area contributed by atoms with Gasteiger partial charge >= 0.3 is 5.97 Å². The molecule has 0 aliphatic rings. The molecule has 0 aliphatic heterocycles. The molecule has 6 heteroatoms. The molecule has 0 amide bonds. The van der Waals surface area contributed by atoms with Crippen LogP contribution in [-0.2, 0) is 7.05 Å². The van der Waals surface area contributed by atoms with Crippen LogP contribution in [0.3, 0.4) is 0 Å². The Morgan fingerprint density at radius 1 is 1.44 bits per heavy atom. The van der Waals surface area contributed by atoms with E-state index >= 15 is 0 Å². The summed E-state index contributed by atoms with van der Waals surface area (Å²) in [5.41, 5.74) is 2.66. The molecule has 0 unspecified atom stereocenters. The minimum absolute atomic E-state index is 0.173. The number of hydrogen-bond donors (Lipinski definition) is 2. The van der Waals surface area contributed by atoms with Crippen molar-refractivity contribution in [3.05, 3.63) is 36.4 Å². The van der Waals surface area contributed by atoms with Crippen molar-refractivity contribution >= 4 is 17.0 Å². The lowest BCUT2D eigenvalue weighted by Crippen LogP contribution is -1.96. The Labute approximate surface area is 102 Å². The van der Waals surface area contributed by atoms with E-state index in [0.717, 1.165) is 16.5 Å². The summed E-state index contributed by atoms with van der Waals surface area (Å²) in [6.45, 7) is 0. The van der Waals surface area contributed by atoms with Gasteiger partial charge in [-0.15, -0.1) is 0 Å². The van der Waals surface area contributed by atoms with Crippen molar-refractivity contribution in [3.63, 3.8) is 0 Å². The number of nitrogens with zero attached hydrogens (tertiary/aromatic N) is 3. The number of nitrogens with one attached hydrogen (secondary N) is 1. The van der Waals surface area contributed by atoms with Gasteiger partial charge in [-0.25, -0.2) is 9.78 Å². The largest absolute Gasteiger partial charge is 0.478 e. The molecule has 3 rings (SSSR count). The molecule has 18 heavy (non-hydrogen) atoms. The van der Waals surface area contributed by atoms with Crippen molar-refractivity contribution < 1.29 is 9.90 Å². The fourth-order valence-corrected chi connectivity index (χ4v) is 1.92. The molecule has 90 valence electrons. The first kappa shape index (κ1) is 10.5. The highest BCUT2D eigenvalue weighted by atomic mass is 16.4. The Morgan fingerprint density at radius 3 is 2.94 bits per heavy atom. The number of carboxylic acid groups (broad SMARTS) is 1. The summed E-state index contributed by atoms with van der Waals surface area (Å²) in [7, 11) is 1.83. The minimum atomic E-state index is -0.984. The second-order valence-corrected chi connectivity index (χ2v) is 4.03. The summed E-state index contributed by atoms with van der Waals surface area (Å²) in [6.07, 6.45) is 6.75. The Balaban J connectivity index is 2.23. The van der Waals surface area contributed by atoms with Gasteiger partial charge in [0.1, 0.15) is 5.65 Å². The summed E-state index contributed by atoms with van der Waals surface area (Å²) in [5.74, 6) is -0.984. The Kier molecular flexibility index (Phi) is 2.16. The maximum atomic E-state index is 11.0. The molecule has 3 aromatic rings. The van der Waals surface area contributed by atoms with Crippen LogP contribution in [0.5, 0.6) is 0 Å². The first-order valence-corrected chi connectivity index (χ1v) is 5.34. The number of aromatic nitrogens is 4. The van der Waals surface area contributed by atoms with E-state index in [2.05, 4.69) is 15.1 Å². The molecule has 0 saturated carbocycles. The summed E-state index contributed by atoms with van der Waals surface area (Å²) >= 11 is 0. The number of aromatic amines is 1. The number of H-pyrrole nitrogens is 1. The maximum absolute atomic E-state index is 11.0. The fourth-order valence-electron chi connectivity index (χ4n) is 1.92. The number of fused-ring (bicyclic) bond motifs is 1. The van der Waals surface area contributed by atoms with Crippen molar-refractivity contribution in [3.8, 4) is 11.1 Å². The lowest BCUT2D eigenvalue weighted by atomic mass is 10.1. The van der Waals surface area contributed by atoms with E-state index in [0.29, 0.717) is 5.65 Å². The van der Waals surface area contributed by atoms with Crippen molar-refractivity contribution in [1.82, 2.24) is 19.7 Å². The van der Waals surface area contributed by atoms with E-state index in [9.17, 15) is 4.79 Å². The smallest absolute Gasteiger partial charge is 0.337 e. The zero-order chi connectivity index (χ0) is 12.7. The second-order valence-electron chi connectivity index (χ2n) is 4.03. The molecule has 0 radical (unpaired) electrons. The lowest BCUT2D eigenvalue weighted by molar-refractivity contribution is 0.0696. The average Bonchev–Trinajstić information content (AvgIpc) is 2.93. The van der Waals surface area contributed by atoms with Crippen LogP contribution in [0.25, 0.3) is 22.2 Å². The molecule has 0 aliphatic carbocycles. The summed E-state index contributed by atoms with van der Waals surface area (Å²) < 4.78 is 1.70. The number of hydrogen-bond acceptors (Lipinski definition) is 3. The van der Waals surface area contributed by atoms with Crippen LogP contribution >= 0.6 is 0 Å². The fraction of sp³-hybridized carbons (Fsp3) is 0.0833. The third-order valence-corrected chi connectivity index (χ3v) is 2.79. The molecule has 0 bridgehead atoms. The summed E-state index contributed by atoms with van der Waals surface area (Å²) in [5, 5.41) is 13.9. The van der Waals surface area contributed by atoms with Gasteiger partial charge in [0.05, 0.1) is 11.8 Å². The number of rotatable bonds is 2. The number of carbonyl (C=O) groups is 1. The predicted molar refractivity (Wildman–Crippen MR) is 65.3 cm³/mol. The van der Waals surface area contributed by atoms with E-state index in [1.54, 1.807) is 23.1 Å².